The SMILES string of the molecule is CCCCCCCCCCCCN1C(=O)C(=C2Sc3c(OCCCC)ccc(OCCCC)c3S2)C(=O)N1CCCCCCCCCCCC. The molecular weight excluding hydrogens is 661 g/mol. The molecule has 2 aliphatic heterocycles. The van der Waals surface area contributed by atoms with Gasteiger partial charge in [0.1, 0.15) is 17.1 Å². The van der Waals surface area contributed by atoms with E-state index in [1.54, 1.807) is 10.0 Å². The van der Waals surface area contributed by atoms with Gasteiger partial charge in [0.15, 0.2) is 0 Å². The van der Waals surface area contributed by atoms with Gasteiger partial charge in [-0.15, -0.1) is 0 Å². The van der Waals surface area contributed by atoms with Gasteiger partial charge in [-0.1, -0.05) is 180 Å². The Morgan fingerprint density at radius 2 is 0.780 bits per heavy atom. The number of amides is 2. The van der Waals surface area contributed by atoms with Gasteiger partial charge in [0.2, 0.25) is 0 Å². The average molecular weight is 731 g/mol. The van der Waals surface area contributed by atoms with Crippen LogP contribution in [0.5, 0.6) is 11.5 Å². The molecule has 0 aliphatic carbocycles. The largest absolute Gasteiger partial charge is 0.492 e. The minimum atomic E-state index is -0.136. The van der Waals surface area contributed by atoms with E-state index in [9.17, 15) is 9.59 Å². The highest BCUT2D eigenvalue weighted by molar-refractivity contribution is 8.25. The summed E-state index contributed by atoms with van der Waals surface area (Å²) in [5.74, 6) is 1.35. The van der Waals surface area contributed by atoms with Gasteiger partial charge < -0.3 is 9.47 Å². The first-order valence-electron chi connectivity index (χ1n) is 20.7. The molecule has 50 heavy (non-hydrogen) atoms. The Morgan fingerprint density at radius 1 is 0.460 bits per heavy atom. The van der Waals surface area contributed by atoms with Crippen molar-refractivity contribution in [1.29, 1.82) is 0 Å². The topological polar surface area (TPSA) is 59.1 Å². The number of carbonyl (C=O) groups is 2. The second-order valence-corrected chi connectivity index (χ2v) is 16.5. The van der Waals surface area contributed by atoms with Gasteiger partial charge in [0, 0.05) is 13.1 Å². The number of fused-ring (bicyclic) bond motifs is 1. The summed E-state index contributed by atoms with van der Waals surface area (Å²) in [6.07, 6.45) is 29.0. The van der Waals surface area contributed by atoms with E-state index >= 15 is 0 Å². The van der Waals surface area contributed by atoms with E-state index in [2.05, 4.69) is 27.7 Å². The molecule has 1 aromatic rings. The number of unbranched alkanes of at least 4 members (excludes halogenated alkanes) is 20. The first-order valence-corrected chi connectivity index (χ1v) is 22.4. The van der Waals surface area contributed by atoms with Crippen LogP contribution in [0.25, 0.3) is 0 Å². The number of nitrogens with zero attached hydrogens (tertiary/aromatic N) is 2. The predicted molar refractivity (Wildman–Crippen MR) is 213 cm³/mol. The second kappa shape index (κ2) is 26.0. The number of thioether (sulfide) groups is 2. The van der Waals surface area contributed by atoms with E-state index in [1.807, 2.05) is 12.1 Å². The van der Waals surface area contributed by atoms with Gasteiger partial charge >= 0.3 is 0 Å². The number of rotatable bonds is 30. The summed E-state index contributed by atoms with van der Waals surface area (Å²) in [4.78, 5) is 30.2. The number of hydrogen-bond donors (Lipinski definition) is 0. The Kier molecular flexibility index (Phi) is 22.2. The molecular formula is C42H70N2O4S2. The van der Waals surface area contributed by atoms with E-state index in [0.717, 1.165) is 76.9 Å². The zero-order valence-electron chi connectivity index (χ0n) is 32.3. The van der Waals surface area contributed by atoms with Crippen molar-refractivity contribution in [2.45, 2.75) is 192 Å². The molecule has 3 rings (SSSR count). The second-order valence-electron chi connectivity index (χ2n) is 14.2. The number of hydrogen-bond acceptors (Lipinski definition) is 6. The van der Waals surface area contributed by atoms with Crippen LogP contribution in [0.3, 0.4) is 0 Å². The first-order chi connectivity index (χ1) is 24.6. The van der Waals surface area contributed by atoms with E-state index in [-0.39, 0.29) is 11.8 Å². The zero-order chi connectivity index (χ0) is 35.8. The molecule has 0 spiro atoms. The number of carbonyl (C=O) groups excluding carboxylic acids is 2. The summed E-state index contributed by atoms with van der Waals surface area (Å²) < 4.78 is 13.2. The van der Waals surface area contributed by atoms with Crippen LogP contribution in [-0.2, 0) is 9.59 Å². The highest BCUT2D eigenvalue weighted by Gasteiger charge is 2.44. The van der Waals surface area contributed by atoms with Crippen LogP contribution in [0, 0.1) is 0 Å². The van der Waals surface area contributed by atoms with Crippen LogP contribution in [-0.4, -0.2) is 48.1 Å². The van der Waals surface area contributed by atoms with E-state index in [0.29, 0.717) is 31.9 Å². The van der Waals surface area contributed by atoms with Crippen LogP contribution in [0.1, 0.15) is 182 Å². The summed E-state index contributed by atoms with van der Waals surface area (Å²) in [6.45, 7) is 11.4. The molecule has 0 aromatic heterocycles. The Bertz CT molecular complexity index is 1070. The van der Waals surface area contributed by atoms with Gasteiger partial charge in [0.05, 0.1) is 27.2 Å². The molecule has 0 saturated carbocycles. The van der Waals surface area contributed by atoms with Crippen LogP contribution in [0.15, 0.2) is 31.7 Å². The van der Waals surface area contributed by atoms with Gasteiger partial charge in [0.25, 0.3) is 11.8 Å². The summed E-state index contributed by atoms with van der Waals surface area (Å²) >= 11 is 3.03. The molecule has 1 saturated heterocycles. The third kappa shape index (κ3) is 14.3. The van der Waals surface area contributed by atoms with Crippen LogP contribution in [0.2, 0.25) is 0 Å². The van der Waals surface area contributed by atoms with Gasteiger partial charge in [-0.05, 0) is 37.8 Å². The molecule has 8 heteroatoms. The van der Waals surface area contributed by atoms with Crippen molar-refractivity contribution in [3.05, 3.63) is 21.9 Å². The highest BCUT2D eigenvalue weighted by Crippen LogP contribution is 2.59. The minimum Gasteiger partial charge on any atom is -0.492 e. The standard InChI is InChI=1S/C42H70N2O4S2/c1-5-9-13-15-17-19-21-23-25-27-31-43-40(45)37(41(46)44(43)32-28-26-24-22-20-18-16-14-10-6-2)42-49-38-35(47-33-11-7-3)29-30-36(39(38)50-42)48-34-12-8-4/h29-30H,5-28,31-34H2,1-4H3. The third-order valence-electron chi connectivity index (χ3n) is 9.78. The summed E-state index contributed by atoms with van der Waals surface area (Å²) in [7, 11) is 0. The van der Waals surface area contributed by atoms with Crippen molar-refractivity contribution in [1.82, 2.24) is 10.0 Å². The van der Waals surface area contributed by atoms with Gasteiger partial charge in [-0.25, -0.2) is 10.0 Å². The van der Waals surface area contributed by atoms with Crippen molar-refractivity contribution in [2.75, 3.05) is 26.3 Å². The van der Waals surface area contributed by atoms with Crippen LogP contribution >= 0.6 is 23.5 Å². The van der Waals surface area contributed by atoms with E-state index < -0.39 is 0 Å². The number of benzene rings is 1. The fourth-order valence-electron chi connectivity index (χ4n) is 6.59. The Balaban J connectivity index is 1.67. The molecule has 1 fully saturated rings. The smallest absolute Gasteiger partial charge is 0.279 e. The Morgan fingerprint density at radius 3 is 1.12 bits per heavy atom. The summed E-state index contributed by atoms with van der Waals surface area (Å²) in [5, 5.41) is 3.56. The zero-order valence-corrected chi connectivity index (χ0v) is 33.9. The van der Waals surface area contributed by atoms with Crippen LogP contribution in [0.4, 0.5) is 0 Å². The normalized spacial score (nSPS) is 14.4. The van der Waals surface area contributed by atoms with Gasteiger partial charge in [-0.2, -0.15) is 0 Å². The van der Waals surface area contributed by atoms with Crippen molar-refractivity contribution in [2.24, 2.45) is 0 Å². The monoisotopic (exact) mass is 730 g/mol. The lowest BCUT2D eigenvalue weighted by molar-refractivity contribution is -0.147. The summed E-state index contributed by atoms with van der Waals surface area (Å²) in [5.41, 5.74) is 0.328. The fourth-order valence-corrected chi connectivity index (χ4v) is 9.28. The molecule has 6 nitrogen and oxygen atoms in total. The van der Waals surface area contributed by atoms with Crippen molar-refractivity contribution < 1.29 is 19.1 Å². The molecule has 284 valence electrons. The predicted octanol–water partition coefficient (Wildman–Crippen LogP) is 12.9. The lowest BCUT2D eigenvalue weighted by atomic mass is 10.1. The molecule has 1 aromatic carbocycles. The van der Waals surface area contributed by atoms with Crippen LogP contribution < -0.4 is 9.47 Å². The van der Waals surface area contributed by atoms with Crippen molar-refractivity contribution >= 4 is 35.3 Å². The molecule has 0 N–H and O–H groups in total. The lowest BCUT2D eigenvalue weighted by Gasteiger charge is -2.27. The maximum atomic E-state index is 14.1. The molecule has 2 aliphatic rings. The Hall–Kier alpha value is -1.80. The number of ether oxygens (including phenoxy) is 2. The molecule has 0 unspecified atom stereocenters. The van der Waals surface area contributed by atoms with Crippen molar-refractivity contribution in [3.63, 3.8) is 0 Å². The third-order valence-corrected chi connectivity index (χ3v) is 12.4. The molecule has 2 amide bonds. The minimum absolute atomic E-state index is 0.136. The van der Waals surface area contributed by atoms with E-state index in [1.165, 1.54) is 126 Å². The van der Waals surface area contributed by atoms with Crippen molar-refractivity contribution in [3.8, 4) is 11.5 Å². The highest BCUT2D eigenvalue weighted by atomic mass is 32.2. The first kappa shape index (κ1) is 42.6. The van der Waals surface area contributed by atoms with E-state index in [4.69, 9.17) is 9.47 Å². The molecule has 0 bridgehead atoms. The molecule has 2 heterocycles. The van der Waals surface area contributed by atoms with Gasteiger partial charge in [-0.3, -0.25) is 9.59 Å². The summed E-state index contributed by atoms with van der Waals surface area (Å²) in [6, 6.07) is 3.98. The quantitative estimate of drug-likeness (QED) is 0.0446. The number of hydrazine groups is 1. The maximum absolute atomic E-state index is 14.1. The fraction of sp³-hybridized carbons (Fsp3) is 0.762. The maximum Gasteiger partial charge on any atom is 0.279 e. The lowest BCUT2D eigenvalue weighted by Crippen LogP contribution is -2.42. The molecule has 0 atom stereocenters. The average Bonchev–Trinajstić information content (AvgIpc) is 3.65. The Labute approximate surface area is 314 Å². The molecule has 0 radical (unpaired) electrons.